The second-order valence-corrected chi connectivity index (χ2v) is 7.03. The Hall–Kier alpha value is -1.69. The summed E-state index contributed by atoms with van der Waals surface area (Å²) in [4.78, 5) is 16.8. The van der Waals surface area contributed by atoms with E-state index in [-0.39, 0.29) is 5.91 Å². The molecule has 0 saturated heterocycles. The van der Waals surface area contributed by atoms with Crippen LogP contribution in [0.25, 0.3) is 0 Å². The van der Waals surface area contributed by atoms with Gasteiger partial charge in [-0.2, -0.15) is 0 Å². The lowest BCUT2D eigenvalue weighted by molar-refractivity contribution is -0.122. The van der Waals surface area contributed by atoms with Gasteiger partial charge in [0.05, 0.1) is 17.9 Å². The normalized spacial score (nSPS) is 12.8. The van der Waals surface area contributed by atoms with Gasteiger partial charge in [0, 0.05) is 14.8 Å². The molecule has 0 fully saturated rings. The molecule has 0 aliphatic carbocycles. The first-order valence-corrected chi connectivity index (χ1v) is 9.20. The maximum atomic E-state index is 12.5. The zero-order valence-corrected chi connectivity index (χ0v) is 15.3. The molecule has 1 aliphatic heterocycles. The second-order valence-electron chi connectivity index (χ2n) is 5.51. The predicted octanol–water partition coefficient (Wildman–Crippen LogP) is 4.32. The van der Waals surface area contributed by atoms with Gasteiger partial charge in [-0.3, -0.25) is 20.1 Å². The highest BCUT2D eigenvalue weighted by atomic mass is 35.5. The molecule has 1 N–H and O–H groups in total. The molecule has 24 heavy (non-hydrogen) atoms. The van der Waals surface area contributed by atoms with Crippen molar-refractivity contribution in [3.05, 3.63) is 47.5 Å². The number of amides is 1. The summed E-state index contributed by atoms with van der Waals surface area (Å²) >= 11 is 7.86. The van der Waals surface area contributed by atoms with Gasteiger partial charge in [-0.25, -0.2) is 0 Å². The molecular weight excluding hydrogens is 342 g/mol. The van der Waals surface area contributed by atoms with E-state index >= 15 is 0 Å². The SMILES string of the molecule is CCN(CC)CC(=O)NN1c2ccccc2Sc2ccc(Cl)cc21. The van der Waals surface area contributed by atoms with Gasteiger partial charge >= 0.3 is 0 Å². The van der Waals surface area contributed by atoms with Crippen LogP contribution in [0.2, 0.25) is 5.02 Å². The average molecular weight is 362 g/mol. The third kappa shape index (κ3) is 3.53. The van der Waals surface area contributed by atoms with E-state index in [9.17, 15) is 4.79 Å². The topological polar surface area (TPSA) is 35.6 Å². The summed E-state index contributed by atoms with van der Waals surface area (Å²) in [5.41, 5.74) is 4.90. The summed E-state index contributed by atoms with van der Waals surface area (Å²) in [7, 11) is 0. The van der Waals surface area contributed by atoms with E-state index in [1.807, 2.05) is 41.4 Å². The summed E-state index contributed by atoms with van der Waals surface area (Å²) in [6.07, 6.45) is 0. The third-order valence-corrected chi connectivity index (χ3v) is 5.35. The number of benzene rings is 2. The molecule has 0 unspecified atom stereocenters. The molecular formula is C18H20ClN3OS. The molecule has 0 aromatic heterocycles. The number of nitrogens with one attached hydrogen (secondary N) is 1. The highest BCUT2D eigenvalue weighted by molar-refractivity contribution is 7.99. The van der Waals surface area contributed by atoms with E-state index in [1.54, 1.807) is 11.8 Å². The van der Waals surface area contributed by atoms with Crippen molar-refractivity contribution >= 4 is 40.6 Å². The molecule has 4 nitrogen and oxygen atoms in total. The smallest absolute Gasteiger partial charge is 0.252 e. The first kappa shape index (κ1) is 17.1. The number of likely N-dealkylation sites (N-methyl/N-ethyl adjacent to an activating group) is 1. The molecule has 0 radical (unpaired) electrons. The van der Waals surface area contributed by atoms with Crippen LogP contribution in [-0.2, 0) is 4.79 Å². The molecule has 1 heterocycles. The van der Waals surface area contributed by atoms with Gasteiger partial charge in [0.2, 0.25) is 0 Å². The van der Waals surface area contributed by atoms with E-state index in [4.69, 9.17) is 11.6 Å². The number of halogens is 1. The number of carbonyl (C=O) groups excluding carboxylic acids is 1. The molecule has 6 heteroatoms. The Morgan fingerprint density at radius 1 is 1.12 bits per heavy atom. The minimum Gasteiger partial charge on any atom is -0.295 e. The molecule has 2 aromatic carbocycles. The Labute approximate surface area is 151 Å². The van der Waals surface area contributed by atoms with Crippen LogP contribution in [0.3, 0.4) is 0 Å². The third-order valence-electron chi connectivity index (χ3n) is 3.99. The van der Waals surface area contributed by atoms with E-state index in [1.165, 1.54) is 0 Å². The minimum atomic E-state index is -0.0358. The summed E-state index contributed by atoms with van der Waals surface area (Å²) in [6.45, 7) is 6.17. The van der Waals surface area contributed by atoms with E-state index < -0.39 is 0 Å². The lowest BCUT2D eigenvalue weighted by Gasteiger charge is -2.33. The van der Waals surface area contributed by atoms with E-state index in [0.29, 0.717) is 11.6 Å². The first-order chi connectivity index (χ1) is 11.6. The number of hydrazine groups is 1. The highest BCUT2D eigenvalue weighted by Gasteiger charge is 2.25. The number of hydrogen-bond donors (Lipinski definition) is 1. The van der Waals surface area contributed by atoms with E-state index in [2.05, 4.69) is 30.2 Å². The van der Waals surface area contributed by atoms with Crippen molar-refractivity contribution in [2.75, 3.05) is 24.6 Å². The fourth-order valence-electron chi connectivity index (χ4n) is 2.66. The molecule has 0 atom stereocenters. The van der Waals surface area contributed by atoms with Crippen molar-refractivity contribution in [2.45, 2.75) is 23.6 Å². The Kier molecular flexibility index (Phi) is 5.33. The maximum Gasteiger partial charge on any atom is 0.252 e. The van der Waals surface area contributed by atoms with Gasteiger partial charge in [0.1, 0.15) is 0 Å². The second kappa shape index (κ2) is 7.47. The lowest BCUT2D eigenvalue weighted by atomic mass is 10.2. The predicted molar refractivity (Wildman–Crippen MR) is 100 cm³/mol. The van der Waals surface area contributed by atoms with Crippen LogP contribution in [-0.4, -0.2) is 30.4 Å². The average Bonchev–Trinajstić information content (AvgIpc) is 2.60. The number of nitrogens with zero attached hydrogens (tertiary/aromatic N) is 2. The fraction of sp³-hybridized carbons (Fsp3) is 0.278. The molecule has 0 bridgehead atoms. The summed E-state index contributed by atoms with van der Waals surface area (Å²) < 4.78 is 0. The quantitative estimate of drug-likeness (QED) is 0.860. The molecule has 0 saturated carbocycles. The molecule has 3 rings (SSSR count). The Morgan fingerprint density at radius 2 is 1.83 bits per heavy atom. The number of hydrogen-bond acceptors (Lipinski definition) is 4. The van der Waals surface area contributed by atoms with Crippen molar-refractivity contribution < 1.29 is 4.79 Å². The Morgan fingerprint density at radius 3 is 2.58 bits per heavy atom. The van der Waals surface area contributed by atoms with Crippen LogP contribution in [0.15, 0.2) is 52.3 Å². The summed E-state index contributed by atoms with van der Waals surface area (Å²) in [6, 6.07) is 13.8. The van der Waals surface area contributed by atoms with E-state index in [0.717, 1.165) is 34.3 Å². The Balaban J connectivity index is 1.92. The van der Waals surface area contributed by atoms with Crippen molar-refractivity contribution in [3.63, 3.8) is 0 Å². The number of rotatable bonds is 5. The van der Waals surface area contributed by atoms with Gasteiger partial charge in [0.15, 0.2) is 0 Å². The zero-order valence-electron chi connectivity index (χ0n) is 13.8. The van der Waals surface area contributed by atoms with Crippen LogP contribution in [0.5, 0.6) is 0 Å². The summed E-state index contributed by atoms with van der Waals surface area (Å²) in [5.74, 6) is -0.0358. The van der Waals surface area contributed by atoms with Gasteiger partial charge < -0.3 is 0 Å². The highest BCUT2D eigenvalue weighted by Crippen LogP contribution is 2.47. The van der Waals surface area contributed by atoms with Crippen LogP contribution < -0.4 is 10.4 Å². The summed E-state index contributed by atoms with van der Waals surface area (Å²) in [5, 5.41) is 2.50. The molecule has 2 aromatic rings. The fourth-order valence-corrected chi connectivity index (χ4v) is 3.86. The van der Waals surface area contributed by atoms with Crippen molar-refractivity contribution in [3.8, 4) is 0 Å². The zero-order chi connectivity index (χ0) is 17.1. The van der Waals surface area contributed by atoms with Crippen LogP contribution in [0, 0.1) is 0 Å². The standard InChI is InChI=1S/C18H20ClN3OS/c1-3-21(4-2)12-18(23)20-22-14-7-5-6-8-16(14)24-17-10-9-13(19)11-15(17)22/h5-11H,3-4,12H2,1-2H3,(H,20,23). The lowest BCUT2D eigenvalue weighted by Crippen LogP contribution is -2.45. The molecule has 126 valence electrons. The first-order valence-electron chi connectivity index (χ1n) is 8.00. The molecule has 0 spiro atoms. The largest absolute Gasteiger partial charge is 0.295 e. The Bertz CT molecular complexity index is 749. The van der Waals surface area contributed by atoms with Gasteiger partial charge in [-0.05, 0) is 43.4 Å². The maximum absolute atomic E-state index is 12.5. The van der Waals surface area contributed by atoms with Crippen LogP contribution >= 0.6 is 23.4 Å². The monoisotopic (exact) mass is 361 g/mol. The van der Waals surface area contributed by atoms with Crippen molar-refractivity contribution in [1.29, 1.82) is 0 Å². The van der Waals surface area contributed by atoms with Crippen molar-refractivity contribution in [2.24, 2.45) is 0 Å². The minimum absolute atomic E-state index is 0.0358. The van der Waals surface area contributed by atoms with Crippen LogP contribution in [0.1, 0.15) is 13.8 Å². The van der Waals surface area contributed by atoms with Gasteiger partial charge in [-0.15, -0.1) is 0 Å². The molecule has 1 aliphatic rings. The van der Waals surface area contributed by atoms with Crippen LogP contribution in [0.4, 0.5) is 11.4 Å². The number of para-hydroxylation sites is 1. The number of fused-ring (bicyclic) bond motifs is 2. The number of anilines is 2. The van der Waals surface area contributed by atoms with Crippen molar-refractivity contribution in [1.82, 2.24) is 10.3 Å². The number of carbonyl (C=O) groups is 1. The molecule has 1 amide bonds. The van der Waals surface area contributed by atoms with Gasteiger partial charge in [-0.1, -0.05) is 49.3 Å². The van der Waals surface area contributed by atoms with Gasteiger partial charge in [0.25, 0.3) is 5.91 Å².